The van der Waals surface area contributed by atoms with Gasteiger partial charge in [-0.05, 0) is 47.9 Å². The van der Waals surface area contributed by atoms with E-state index in [9.17, 15) is 17.9 Å². The highest BCUT2D eigenvalue weighted by molar-refractivity contribution is 7.89. The zero-order valence-corrected chi connectivity index (χ0v) is 20.5. The van der Waals surface area contributed by atoms with E-state index in [0.717, 1.165) is 11.1 Å². The molecule has 2 heterocycles. The lowest BCUT2D eigenvalue weighted by Crippen LogP contribution is -2.33. The fourth-order valence-corrected chi connectivity index (χ4v) is 5.74. The molecule has 7 nitrogen and oxygen atoms in total. The average molecular weight is 526 g/mol. The van der Waals surface area contributed by atoms with Crippen LogP contribution in [-0.4, -0.2) is 38.8 Å². The number of aliphatic hydroxyl groups excluding tert-OH is 1. The molecule has 1 aromatic heterocycles. The van der Waals surface area contributed by atoms with Gasteiger partial charge in [-0.15, -0.1) is 0 Å². The van der Waals surface area contributed by atoms with Gasteiger partial charge in [0.15, 0.2) is 0 Å². The van der Waals surface area contributed by atoms with Crippen LogP contribution < -0.4 is 14.4 Å². The van der Waals surface area contributed by atoms with Gasteiger partial charge in [-0.1, -0.05) is 35.3 Å². The average Bonchev–Trinajstić information content (AvgIpc) is 2.83. The molecule has 3 aromatic rings. The van der Waals surface area contributed by atoms with Crippen molar-refractivity contribution in [1.82, 2.24) is 9.71 Å². The van der Waals surface area contributed by atoms with E-state index in [4.69, 9.17) is 27.9 Å². The summed E-state index contributed by atoms with van der Waals surface area (Å²) in [5.41, 5.74) is 2.36. The molecule has 2 aromatic carbocycles. The number of nitrogens with zero attached hydrogens (tertiary/aromatic N) is 2. The van der Waals surface area contributed by atoms with Crippen molar-refractivity contribution >= 4 is 39.0 Å². The van der Waals surface area contributed by atoms with Crippen molar-refractivity contribution in [2.45, 2.75) is 23.9 Å². The predicted molar refractivity (Wildman–Crippen MR) is 129 cm³/mol. The summed E-state index contributed by atoms with van der Waals surface area (Å²) in [6.45, 7) is 0.531. The molecule has 1 aliphatic heterocycles. The van der Waals surface area contributed by atoms with E-state index in [2.05, 4.69) is 9.71 Å². The Morgan fingerprint density at radius 1 is 1.18 bits per heavy atom. The number of benzene rings is 2. The van der Waals surface area contributed by atoms with Crippen LogP contribution in [0.25, 0.3) is 0 Å². The summed E-state index contributed by atoms with van der Waals surface area (Å²) in [5, 5.41) is 10.5. The third kappa shape index (κ3) is 4.99. The van der Waals surface area contributed by atoms with Crippen LogP contribution in [0.2, 0.25) is 10.0 Å². The molecule has 0 radical (unpaired) electrons. The number of pyridine rings is 1. The van der Waals surface area contributed by atoms with Crippen LogP contribution in [0.4, 0.5) is 10.2 Å². The van der Waals surface area contributed by atoms with Gasteiger partial charge in [-0.3, -0.25) is 0 Å². The number of methoxy groups -OCH3 is 1. The summed E-state index contributed by atoms with van der Waals surface area (Å²) in [7, 11) is -2.48. The highest BCUT2D eigenvalue weighted by atomic mass is 35.5. The number of anilines is 1. The Bertz CT molecular complexity index is 1310. The molecule has 1 atom stereocenters. The van der Waals surface area contributed by atoms with Gasteiger partial charge in [0.25, 0.3) is 0 Å². The van der Waals surface area contributed by atoms with Gasteiger partial charge in [0.2, 0.25) is 10.0 Å². The molecule has 1 aliphatic rings. The number of hydrogen-bond donors (Lipinski definition) is 2. The van der Waals surface area contributed by atoms with E-state index in [1.165, 1.54) is 36.5 Å². The first kappa shape index (κ1) is 24.7. The molecule has 0 amide bonds. The Hall–Kier alpha value is -2.43. The summed E-state index contributed by atoms with van der Waals surface area (Å²) in [4.78, 5) is 6.11. The molecule has 34 heavy (non-hydrogen) atoms. The highest BCUT2D eigenvalue weighted by Gasteiger charge is 2.26. The molecule has 0 spiro atoms. The van der Waals surface area contributed by atoms with Gasteiger partial charge in [0, 0.05) is 29.9 Å². The Labute approximate surface area is 207 Å². The van der Waals surface area contributed by atoms with Crippen molar-refractivity contribution in [2.24, 2.45) is 0 Å². The van der Waals surface area contributed by atoms with E-state index < -0.39 is 28.5 Å². The molecule has 4 rings (SSSR count). The summed E-state index contributed by atoms with van der Waals surface area (Å²) < 4.78 is 46.9. The van der Waals surface area contributed by atoms with Crippen LogP contribution >= 0.6 is 23.2 Å². The molecule has 0 saturated carbocycles. The molecule has 0 saturated heterocycles. The van der Waals surface area contributed by atoms with Gasteiger partial charge in [0.1, 0.15) is 22.3 Å². The maximum Gasteiger partial charge on any atom is 0.242 e. The van der Waals surface area contributed by atoms with Gasteiger partial charge < -0.3 is 14.7 Å². The number of fused-ring (bicyclic) bond motifs is 1. The topological polar surface area (TPSA) is 91.8 Å². The molecule has 1 unspecified atom stereocenters. The van der Waals surface area contributed by atoms with Crippen molar-refractivity contribution < 1.29 is 22.7 Å². The van der Waals surface area contributed by atoms with Crippen LogP contribution in [0.3, 0.4) is 0 Å². The SMILES string of the molecule is COc1ccc(Cl)c2c1CN(c1ncc(S(=O)(=O)NC(CO)c3ccc(F)cc3)cc1Cl)CC2. The molecule has 0 aliphatic carbocycles. The Morgan fingerprint density at radius 2 is 1.91 bits per heavy atom. The van der Waals surface area contributed by atoms with Crippen molar-refractivity contribution in [1.29, 1.82) is 0 Å². The van der Waals surface area contributed by atoms with Crippen LogP contribution in [0.1, 0.15) is 22.7 Å². The molecule has 2 N–H and O–H groups in total. The zero-order valence-electron chi connectivity index (χ0n) is 18.1. The van der Waals surface area contributed by atoms with Crippen molar-refractivity contribution in [2.75, 3.05) is 25.2 Å². The zero-order chi connectivity index (χ0) is 24.5. The van der Waals surface area contributed by atoms with Crippen LogP contribution in [0, 0.1) is 5.82 Å². The third-order valence-electron chi connectivity index (χ3n) is 5.69. The number of ether oxygens (including phenoxy) is 1. The van der Waals surface area contributed by atoms with E-state index in [-0.39, 0.29) is 9.92 Å². The molecule has 0 bridgehead atoms. The number of nitrogens with one attached hydrogen (secondary N) is 1. The fraction of sp³-hybridized carbons (Fsp3) is 0.261. The lowest BCUT2D eigenvalue weighted by molar-refractivity contribution is 0.259. The molecular weight excluding hydrogens is 504 g/mol. The standard InChI is InChI=1S/C23H22Cl2FN3O4S/c1-33-22-7-6-19(24)17-8-9-29(12-18(17)22)23-20(25)10-16(11-27-23)34(31,32)28-21(13-30)14-2-4-15(26)5-3-14/h2-7,10-11,21,28,30H,8-9,12-13H2,1H3. The minimum atomic E-state index is -4.07. The van der Waals surface area contributed by atoms with E-state index in [1.54, 1.807) is 19.2 Å². The van der Waals surface area contributed by atoms with Gasteiger partial charge in [-0.25, -0.2) is 22.5 Å². The lowest BCUT2D eigenvalue weighted by Gasteiger charge is -2.32. The number of aromatic nitrogens is 1. The maximum absolute atomic E-state index is 13.2. The number of rotatable bonds is 7. The molecule has 180 valence electrons. The van der Waals surface area contributed by atoms with E-state index in [0.29, 0.717) is 41.7 Å². The number of hydrogen-bond acceptors (Lipinski definition) is 6. The first-order valence-corrected chi connectivity index (χ1v) is 12.6. The molecule has 0 fully saturated rings. The monoisotopic (exact) mass is 525 g/mol. The summed E-state index contributed by atoms with van der Waals surface area (Å²) in [6.07, 6.45) is 1.87. The maximum atomic E-state index is 13.2. The number of sulfonamides is 1. The lowest BCUT2D eigenvalue weighted by atomic mass is 9.98. The normalized spacial score (nSPS) is 14.6. The predicted octanol–water partition coefficient (Wildman–Crippen LogP) is 4.11. The van der Waals surface area contributed by atoms with E-state index in [1.807, 2.05) is 4.90 Å². The van der Waals surface area contributed by atoms with Gasteiger partial charge in [0.05, 0.1) is 24.8 Å². The van der Waals surface area contributed by atoms with Crippen LogP contribution in [0.15, 0.2) is 53.6 Å². The van der Waals surface area contributed by atoms with Crippen molar-refractivity contribution in [3.05, 3.63) is 81.2 Å². The van der Waals surface area contributed by atoms with Crippen LogP contribution in [0.5, 0.6) is 5.75 Å². The summed E-state index contributed by atoms with van der Waals surface area (Å²) in [5.74, 6) is 0.681. The summed E-state index contributed by atoms with van der Waals surface area (Å²) in [6, 6.07) is 9.16. The highest BCUT2D eigenvalue weighted by Crippen LogP contribution is 2.36. The van der Waals surface area contributed by atoms with Crippen molar-refractivity contribution in [3.8, 4) is 5.75 Å². The minimum Gasteiger partial charge on any atom is -0.496 e. The second-order valence-corrected chi connectivity index (χ2v) is 10.3. The molecular formula is C23H22Cl2FN3O4S. The Kier molecular flexibility index (Phi) is 7.30. The summed E-state index contributed by atoms with van der Waals surface area (Å²) >= 11 is 12.8. The minimum absolute atomic E-state index is 0.153. The fourth-order valence-electron chi connectivity index (χ4n) is 3.93. The van der Waals surface area contributed by atoms with E-state index >= 15 is 0 Å². The first-order chi connectivity index (χ1) is 16.2. The Morgan fingerprint density at radius 3 is 2.56 bits per heavy atom. The second kappa shape index (κ2) is 10.1. The largest absolute Gasteiger partial charge is 0.496 e. The molecule has 11 heteroatoms. The number of halogens is 3. The van der Waals surface area contributed by atoms with Gasteiger partial charge >= 0.3 is 0 Å². The smallest absolute Gasteiger partial charge is 0.242 e. The number of aliphatic hydroxyl groups is 1. The van der Waals surface area contributed by atoms with Crippen LogP contribution in [-0.2, 0) is 23.0 Å². The third-order valence-corrected chi connectivity index (χ3v) is 7.76. The Balaban J connectivity index is 1.57. The van der Waals surface area contributed by atoms with Crippen molar-refractivity contribution in [3.63, 3.8) is 0 Å². The quantitative estimate of drug-likeness (QED) is 0.482. The first-order valence-electron chi connectivity index (χ1n) is 10.4. The second-order valence-electron chi connectivity index (χ2n) is 7.76. The van der Waals surface area contributed by atoms with Gasteiger partial charge in [-0.2, -0.15) is 0 Å².